The molecule has 1 aliphatic rings. The topological polar surface area (TPSA) is 74.3 Å². The van der Waals surface area contributed by atoms with E-state index < -0.39 is 11.8 Å². The highest BCUT2D eigenvalue weighted by atomic mass is 16.5. The van der Waals surface area contributed by atoms with Crippen LogP contribution in [0.3, 0.4) is 0 Å². The molecule has 2 rings (SSSR count). The third-order valence-corrected chi connectivity index (χ3v) is 2.86. The number of imide groups is 1. The molecule has 1 aromatic carbocycles. The molecule has 1 saturated heterocycles. The lowest BCUT2D eigenvalue weighted by Gasteiger charge is -2.26. The van der Waals surface area contributed by atoms with Gasteiger partial charge in [-0.15, -0.1) is 0 Å². The molecule has 1 heterocycles. The molecule has 2 amide bonds. The molecule has 0 atom stereocenters. The first-order chi connectivity index (χ1) is 9.62. The molecular formula is C13H15NO6. The fourth-order valence-corrected chi connectivity index (χ4v) is 1.98. The van der Waals surface area contributed by atoms with Crippen LogP contribution in [0, 0.1) is 0 Å². The minimum absolute atomic E-state index is 0.137. The van der Waals surface area contributed by atoms with Gasteiger partial charge in [-0.3, -0.25) is 9.59 Å². The van der Waals surface area contributed by atoms with Crippen LogP contribution in [-0.4, -0.2) is 46.4 Å². The average molecular weight is 281 g/mol. The number of hydrogen-bond donors (Lipinski definition) is 0. The van der Waals surface area contributed by atoms with Crippen LogP contribution < -0.4 is 19.1 Å². The van der Waals surface area contributed by atoms with Crippen molar-refractivity contribution in [3.05, 3.63) is 12.1 Å². The molecule has 20 heavy (non-hydrogen) atoms. The molecule has 0 N–H and O–H groups in total. The lowest BCUT2D eigenvalue weighted by molar-refractivity contribution is -0.138. The van der Waals surface area contributed by atoms with Crippen LogP contribution in [0.2, 0.25) is 0 Å². The van der Waals surface area contributed by atoms with Crippen molar-refractivity contribution in [1.82, 2.24) is 0 Å². The van der Waals surface area contributed by atoms with Gasteiger partial charge in [-0.1, -0.05) is 0 Å². The lowest BCUT2D eigenvalue weighted by Crippen LogP contribution is -2.46. The first kappa shape index (κ1) is 14.1. The van der Waals surface area contributed by atoms with Crippen molar-refractivity contribution in [3.8, 4) is 17.2 Å². The first-order valence-electron chi connectivity index (χ1n) is 5.86. The summed E-state index contributed by atoms with van der Waals surface area (Å²) in [4.78, 5) is 24.7. The Morgan fingerprint density at radius 3 is 1.85 bits per heavy atom. The van der Waals surface area contributed by atoms with Crippen LogP contribution in [-0.2, 0) is 14.3 Å². The van der Waals surface area contributed by atoms with Gasteiger partial charge in [-0.25, -0.2) is 4.90 Å². The summed E-state index contributed by atoms with van der Waals surface area (Å²) in [6, 6.07) is 3.09. The number of carbonyl (C=O) groups excluding carboxylic acids is 2. The van der Waals surface area contributed by atoms with Crippen LogP contribution in [0.1, 0.15) is 0 Å². The Kier molecular flexibility index (Phi) is 4.09. The van der Waals surface area contributed by atoms with E-state index in [0.29, 0.717) is 22.9 Å². The third kappa shape index (κ3) is 2.39. The van der Waals surface area contributed by atoms with Gasteiger partial charge in [0.05, 0.1) is 27.0 Å². The highest BCUT2D eigenvalue weighted by Crippen LogP contribution is 2.41. The predicted molar refractivity (Wildman–Crippen MR) is 69.4 cm³/mol. The third-order valence-electron chi connectivity index (χ3n) is 2.86. The predicted octanol–water partition coefficient (Wildman–Crippen LogP) is 0.602. The number of morpholine rings is 1. The van der Waals surface area contributed by atoms with Crippen molar-refractivity contribution in [1.29, 1.82) is 0 Å². The normalized spacial score (nSPS) is 15.2. The number of amides is 2. The summed E-state index contributed by atoms with van der Waals surface area (Å²) < 4.78 is 20.5. The highest BCUT2D eigenvalue weighted by Gasteiger charge is 2.30. The van der Waals surface area contributed by atoms with Crippen molar-refractivity contribution < 1.29 is 28.5 Å². The molecule has 108 valence electrons. The fourth-order valence-electron chi connectivity index (χ4n) is 1.98. The zero-order valence-electron chi connectivity index (χ0n) is 11.5. The van der Waals surface area contributed by atoms with Crippen molar-refractivity contribution in [2.75, 3.05) is 39.4 Å². The summed E-state index contributed by atoms with van der Waals surface area (Å²) >= 11 is 0. The Labute approximate surface area is 116 Å². The Bertz CT molecular complexity index is 501. The molecule has 0 aromatic heterocycles. The van der Waals surface area contributed by atoms with E-state index in [1.807, 2.05) is 0 Å². The van der Waals surface area contributed by atoms with Gasteiger partial charge in [0.25, 0.3) is 11.8 Å². The molecule has 0 unspecified atom stereocenters. The second kappa shape index (κ2) is 5.79. The van der Waals surface area contributed by atoms with Crippen LogP contribution in [0.15, 0.2) is 12.1 Å². The summed E-state index contributed by atoms with van der Waals surface area (Å²) in [5.74, 6) is 0.265. The van der Waals surface area contributed by atoms with Crippen LogP contribution >= 0.6 is 0 Å². The summed E-state index contributed by atoms with van der Waals surface area (Å²) in [6.07, 6.45) is 0. The number of hydrogen-bond acceptors (Lipinski definition) is 6. The Morgan fingerprint density at radius 2 is 1.45 bits per heavy atom. The molecule has 0 bridgehead atoms. The molecule has 7 nitrogen and oxygen atoms in total. The molecule has 1 aliphatic heterocycles. The van der Waals surface area contributed by atoms with E-state index in [9.17, 15) is 9.59 Å². The number of benzene rings is 1. The number of ether oxygens (including phenoxy) is 4. The van der Waals surface area contributed by atoms with E-state index in [2.05, 4.69) is 0 Å². The monoisotopic (exact) mass is 281 g/mol. The van der Waals surface area contributed by atoms with E-state index in [0.717, 1.165) is 4.90 Å². The average Bonchev–Trinajstić information content (AvgIpc) is 2.45. The molecule has 1 fully saturated rings. The smallest absolute Gasteiger partial charge is 0.259 e. The van der Waals surface area contributed by atoms with Gasteiger partial charge in [-0.2, -0.15) is 0 Å². The molecule has 0 spiro atoms. The number of carbonyl (C=O) groups is 2. The van der Waals surface area contributed by atoms with E-state index >= 15 is 0 Å². The molecule has 7 heteroatoms. The minimum Gasteiger partial charge on any atom is -0.493 e. The van der Waals surface area contributed by atoms with E-state index in [4.69, 9.17) is 18.9 Å². The maximum absolute atomic E-state index is 11.8. The summed E-state index contributed by atoms with van der Waals surface area (Å²) in [5, 5.41) is 0. The Morgan fingerprint density at radius 1 is 0.950 bits per heavy atom. The van der Waals surface area contributed by atoms with Gasteiger partial charge in [0.15, 0.2) is 11.5 Å². The maximum atomic E-state index is 11.8. The van der Waals surface area contributed by atoms with Gasteiger partial charge >= 0.3 is 0 Å². The zero-order valence-corrected chi connectivity index (χ0v) is 11.5. The summed E-state index contributed by atoms with van der Waals surface area (Å²) in [6.45, 7) is -0.273. The standard InChI is InChI=1S/C13H15NO6/c1-17-9-4-8(5-10(18-2)13(9)19-3)14-11(15)6-20-7-12(14)16/h4-5H,6-7H2,1-3H3. The van der Waals surface area contributed by atoms with Crippen molar-refractivity contribution in [2.45, 2.75) is 0 Å². The van der Waals surface area contributed by atoms with E-state index in [1.54, 1.807) is 12.1 Å². The quantitative estimate of drug-likeness (QED) is 0.752. The second-order valence-electron chi connectivity index (χ2n) is 4.00. The SMILES string of the molecule is COc1cc(N2C(=O)COCC2=O)cc(OC)c1OC. The molecule has 0 radical (unpaired) electrons. The summed E-state index contributed by atoms with van der Waals surface area (Å²) in [7, 11) is 4.40. The van der Waals surface area contributed by atoms with Gasteiger partial charge in [0.2, 0.25) is 5.75 Å². The number of nitrogens with zero attached hydrogens (tertiary/aromatic N) is 1. The second-order valence-corrected chi connectivity index (χ2v) is 4.00. The van der Waals surface area contributed by atoms with Gasteiger partial charge in [0, 0.05) is 12.1 Å². The van der Waals surface area contributed by atoms with Gasteiger partial charge < -0.3 is 18.9 Å². The van der Waals surface area contributed by atoms with Crippen molar-refractivity contribution in [3.63, 3.8) is 0 Å². The van der Waals surface area contributed by atoms with Gasteiger partial charge in [-0.05, 0) is 0 Å². The van der Waals surface area contributed by atoms with Crippen LogP contribution in [0.4, 0.5) is 5.69 Å². The molecule has 0 saturated carbocycles. The number of rotatable bonds is 4. The first-order valence-corrected chi connectivity index (χ1v) is 5.86. The Hall–Kier alpha value is -2.28. The maximum Gasteiger partial charge on any atom is 0.259 e. The largest absolute Gasteiger partial charge is 0.493 e. The summed E-state index contributed by atoms with van der Waals surface area (Å²) in [5.41, 5.74) is 0.359. The van der Waals surface area contributed by atoms with Gasteiger partial charge in [0.1, 0.15) is 13.2 Å². The zero-order chi connectivity index (χ0) is 14.7. The molecular weight excluding hydrogens is 266 g/mol. The van der Waals surface area contributed by atoms with Crippen LogP contribution in [0.5, 0.6) is 17.2 Å². The fraction of sp³-hybridized carbons (Fsp3) is 0.385. The van der Waals surface area contributed by atoms with Crippen molar-refractivity contribution in [2.24, 2.45) is 0 Å². The van der Waals surface area contributed by atoms with Crippen molar-refractivity contribution >= 4 is 17.5 Å². The number of methoxy groups -OCH3 is 3. The van der Waals surface area contributed by atoms with Crippen LogP contribution in [0.25, 0.3) is 0 Å². The Balaban J connectivity index is 2.51. The number of anilines is 1. The minimum atomic E-state index is -0.435. The lowest BCUT2D eigenvalue weighted by atomic mass is 10.2. The van der Waals surface area contributed by atoms with E-state index in [-0.39, 0.29) is 13.2 Å². The molecule has 1 aromatic rings. The highest BCUT2D eigenvalue weighted by molar-refractivity contribution is 6.17. The molecule has 0 aliphatic carbocycles. The van der Waals surface area contributed by atoms with E-state index in [1.165, 1.54) is 21.3 Å².